The number of carbonyl (C=O) groups excluding carboxylic acids is 1. The van der Waals surface area contributed by atoms with Crippen LogP contribution in [0.15, 0.2) is 23.3 Å². The van der Waals surface area contributed by atoms with Crippen LogP contribution in [0, 0.1) is 23.7 Å². The van der Waals surface area contributed by atoms with Crippen LogP contribution in [-0.2, 0) is 24.1 Å². The minimum atomic E-state index is -3.53. The highest BCUT2D eigenvalue weighted by Crippen LogP contribution is 2.56. The van der Waals surface area contributed by atoms with Gasteiger partial charge in [-0.2, -0.15) is 0 Å². The van der Waals surface area contributed by atoms with Gasteiger partial charge in [-0.1, -0.05) is 19.6 Å². The molecule has 4 rings (SSSR count). The second-order valence-corrected chi connectivity index (χ2v) is 14.3. The molecular formula is C29H50N4O5S. The van der Waals surface area contributed by atoms with Gasteiger partial charge in [0.2, 0.25) is 5.91 Å². The molecule has 4 fully saturated rings. The molecular weight excluding hydrogens is 516 g/mol. The Morgan fingerprint density at radius 3 is 2.23 bits per heavy atom. The number of allylic oxidation sites excluding steroid dienone is 3. The van der Waals surface area contributed by atoms with E-state index >= 15 is 0 Å². The summed E-state index contributed by atoms with van der Waals surface area (Å²) in [5, 5.41) is -0.516. The third-order valence-corrected chi connectivity index (χ3v) is 12.2. The van der Waals surface area contributed by atoms with E-state index in [0.717, 1.165) is 45.8 Å². The monoisotopic (exact) mass is 566 g/mol. The molecule has 0 bridgehead atoms. The number of nitrogens with zero attached hydrogens (tertiary/aromatic N) is 4. The minimum absolute atomic E-state index is 0.00321. The number of hydrogen-bond donors (Lipinski definition) is 0. The van der Waals surface area contributed by atoms with Gasteiger partial charge in [0.1, 0.15) is 6.61 Å². The predicted octanol–water partition coefficient (Wildman–Crippen LogP) is 1.92. The van der Waals surface area contributed by atoms with E-state index in [1.807, 2.05) is 18.9 Å². The molecule has 0 aromatic rings. The predicted molar refractivity (Wildman–Crippen MR) is 154 cm³/mol. The van der Waals surface area contributed by atoms with Crippen LogP contribution in [0.4, 0.5) is 0 Å². The summed E-state index contributed by atoms with van der Waals surface area (Å²) in [7, 11) is 2.26. The second-order valence-electron chi connectivity index (χ2n) is 12.1. The van der Waals surface area contributed by atoms with Crippen molar-refractivity contribution in [2.75, 3.05) is 86.8 Å². The standard InChI is InChI=1S/C29H50N4O5S/c1-7-25(29-21(2)28(29)22(3)37-6)39(35,36)26-10-13-31(5)18-23(26)19-38-20-27(34)33-16-14-32(15-17-33)24-8-11-30(4)12-9-24/h7,21,23-24,26,28-29H,3,8-20H2,1-2,4-6H3/b25-7-/t21-,23?,26?,28?,29?/m1/s1. The summed E-state index contributed by atoms with van der Waals surface area (Å²) in [6, 6.07) is 0.625. The molecule has 0 aromatic carbocycles. The maximum atomic E-state index is 13.9. The molecule has 0 spiro atoms. The minimum Gasteiger partial charge on any atom is -0.501 e. The Bertz CT molecular complexity index is 1000. The van der Waals surface area contributed by atoms with E-state index < -0.39 is 15.1 Å². The van der Waals surface area contributed by atoms with Crippen LogP contribution < -0.4 is 0 Å². The fourth-order valence-corrected chi connectivity index (χ4v) is 9.60. The lowest BCUT2D eigenvalue weighted by Gasteiger charge is -2.42. The molecule has 10 heteroatoms. The Kier molecular flexibility index (Phi) is 10.2. The summed E-state index contributed by atoms with van der Waals surface area (Å²) in [4.78, 5) is 22.4. The topological polar surface area (TPSA) is 82.6 Å². The van der Waals surface area contributed by atoms with Crippen molar-refractivity contribution in [2.45, 2.75) is 44.4 Å². The first-order valence-corrected chi connectivity index (χ1v) is 16.2. The number of rotatable bonds is 10. The highest BCUT2D eigenvalue weighted by atomic mass is 32.2. The van der Waals surface area contributed by atoms with Crippen molar-refractivity contribution in [3.63, 3.8) is 0 Å². The van der Waals surface area contributed by atoms with Gasteiger partial charge in [0, 0.05) is 61.4 Å². The highest BCUT2D eigenvalue weighted by molar-refractivity contribution is 7.95. The summed E-state index contributed by atoms with van der Waals surface area (Å²) in [6.07, 6.45) is 4.73. The van der Waals surface area contributed by atoms with Gasteiger partial charge in [0.05, 0.1) is 24.7 Å². The summed E-state index contributed by atoms with van der Waals surface area (Å²) in [5.41, 5.74) is 0. The lowest BCUT2D eigenvalue weighted by Crippen LogP contribution is -2.54. The first-order chi connectivity index (χ1) is 18.6. The van der Waals surface area contributed by atoms with Gasteiger partial charge in [-0.05, 0) is 65.8 Å². The molecule has 222 valence electrons. The Morgan fingerprint density at radius 1 is 0.974 bits per heavy atom. The van der Waals surface area contributed by atoms with Gasteiger partial charge in [0.25, 0.3) is 0 Å². The van der Waals surface area contributed by atoms with E-state index in [-0.39, 0.29) is 42.8 Å². The van der Waals surface area contributed by atoms with Crippen LogP contribution in [0.5, 0.6) is 0 Å². The smallest absolute Gasteiger partial charge is 0.248 e. The molecule has 3 saturated heterocycles. The summed E-state index contributed by atoms with van der Waals surface area (Å²) < 4.78 is 39.2. The van der Waals surface area contributed by atoms with Crippen LogP contribution in [0.2, 0.25) is 0 Å². The molecule has 1 saturated carbocycles. The van der Waals surface area contributed by atoms with Crippen LogP contribution in [0.3, 0.4) is 0 Å². The first kappa shape index (κ1) is 30.5. The molecule has 0 radical (unpaired) electrons. The number of hydrogen-bond acceptors (Lipinski definition) is 8. The van der Waals surface area contributed by atoms with E-state index in [9.17, 15) is 13.2 Å². The van der Waals surface area contributed by atoms with Crippen molar-refractivity contribution in [1.82, 2.24) is 19.6 Å². The van der Waals surface area contributed by atoms with E-state index in [1.54, 1.807) is 13.2 Å². The van der Waals surface area contributed by atoms with Crippen LogP contribution in [0.25, 0.3) is 0 Å². The van der Waals surface area contributed by atoms with Gasteiger partial charge in [0.15, 0.2) is 9.84 Å². The fraction of sp³-hybridized carbons (Fsp3) is 0.828. The zero-order valence-corrected chi connectivity index (χ0v) is 25.5. The van der Waals surface area contributed by atoms with Crippen LogP contribution >= 0.6 is 0 Å². The first-order valence-electron chi connectivity index (χ1n) is 14.7. The van der Waals surface area contributed by atoms with Crippen molar-refractivity contribution in [3.05, 3.63) is 23.3 Å². The third-order valence-electron chi connectivity index (χ3n) is 9.65. The Morgan fingerprint density at radius 2 is 1.62 bits per heavy atom. The zero-order chi connectivity index (χ0) is 28.3. The molecule has 1 aliphatic carbocycles. The lowest BCUT2D eigenvalue weighted by atomic mass is 9.99. The molecule has 0 aromatic heterocycles. The molecule has 4 unspecified atom stereocenters. The van der Waals surface area contributed by atoms with Gasteiger partial charge < -0.3 is 24.2 Å². The Balaban J connectivity index is 1.30. The number of likely N-dealkylation sites (tertiary alicyclic amines) is 2. The molecule has 0 N–H and O–H groups in total. The number of carbonyl (C=O) groups is 1. The number of piperazine rings is 1. The average Bonchev–Trinajstić information content (AvgIpc) is 3.58. The van der Waals surface area contributed by atoms with Crippen LogP contribution in [-0.4, -0.2) is 132 Å². The molecule has 1 amide bonds. The van der Waals surface area contributed by atoms with Crippen molar-refractivity contribution >= 4 is 15.7 Å². The number of methoxy groups -OCH3 is 1. The molecule has 3 heterocycles. The maximum absolute atomic E-state index is 13.9. The van der Waals surface area contributed by atoms with Gasteiger partial charge in [-0.3, -0.25) is 9.69 Å². The third kappa shape index (κ3) is 6.89. The normalized spacial score (nSPS) is 32.3. The van der Waals surface area contributed by atoms with Gasteiger partial charge >= 0.3 is 0 Å². The van der Waals surface area contributed by atoms with Gasteiger partial charge in [-0.25, -0.2) is 8.42 Å². The van der Waals surface area contributed by atoms with Crippen molar-refractivity contribution in [1.29, 1.82) is 0 Å². The van der Waals surface area contributed by atoms with E-state index in [4.69, 9.17) is 9.47 Å². The van der Waals surface area contributed by atoms with Gasteiger partial charge in [-0.15, -0.1) is 0 Å². The Labute approximate surface area is 236 Å². The molecule has 3 aliphatic heterocycles. The zero-order valence-electron chi connectivity index (χ0n) is 24.7. The van der Waals surface area contributed by atoms with Crippen molar-refractivity contribution < 1.29 is 22.7 Å². The molecule has 5 atom stereocenters. The van der Waals surface area contributed by atoms with E-state index in [1.165, 1.54) is 12.8 Å². The lowest BCUT2D eigenvalue weighted by molar-refractivity contribution is -0.139. The van der Waals surface area contributed by atoms with Crippen molar-refractivity contribution in [3.8, 4) is 0 Å². The fourth-order valence-electron chi connectivity index (χ4n) is 7.10. The summed E-state index contributed by atoms with van der Waals surface area (Å²) >= 11 is 0. The van der Waals surface area contributed by atoms with E-state index in [0.29, 0.717) is 29.7 Å². The second kappa shape index (κ2) is 13.0. The molecule has 39 heavy (non-hydrogen) atoms. The largest absolute Gasteiger partial charge is 0.501 e. The number of ether oxygens (including phenoxy) is 2. The number of amides is 1. The molecule has 4 aliphatic rings. The average molecular weight is 567 g/mol. The highest BCUT2D eigenvalue weighted by Gasteiger charge is 2.55. The summed E-state index contributed by atoms with van der Waals surface area (Å²) in [6.45, 7) is 15.1. The number of sulfone groups is 1. The maximum Gasteiger partial charge on any atom is 0.248 e. The van der Waals surface area contributed by atoms with Crippen molar-refractivity contribution in [2.24, 2.45) is 23.7 Å². The SMILES string of the molecule is C=C(OC)C1C(/C(=C/C)S(=O)(=O)C2CCN(C)CC2COCC(=O)N2CCN(C3CCN(C)CC3)CC2)[C@@H]1C. The van der Waals surface area contributed by atoms with E-state index in [2.05, 4.69) is 35.3 Å². The summed E-state index contributed by atoms with van der Waals surface area (Å²) in [5.74, 6) is 0.616. The molecule has 9 nitrogen and oxygen atoms in total. The number of piperidine rings is 2. The van der Waals surface area contributed by atoms with Crippen LogP contribution in [0.1, 0.15) is 33.1 Å². The Hall–Kier alpha value is -1.46. The quantitative estimate of drug-likeness (QED) is 0.371.